The molecule has 0 bridgehead atoms. The Hall–Kier alpha value is -2.02. The van der Waals surface area contributed by atoms with Gasteiger partial charge in [0.05, 0.1) is 11.0 Å². The Balaban J connectivity index is 1.81. The van der Waals surface area contributed by atoms with Crippen molar-refractivity contribution in [2.24, 2.45) is 0 Å². The predicted octanol–water partition coefficient (Wildman–Crippen LogP) is 4.67. The Morgan fingerprint density at radius 2 is 1.88 bits per heavy atom. The zero-order valence-corrected chi connectivity index (χ0v) is 16.5. The van der Waals surface area contributed by atoms with Crippen LogP contribution < -0.4 is 0 Å². The van der Waals surface area contributed by atoms with Crippen LogP contribution >= 0.6 is 11.3 Å². The molecule has 6 heteroatoms. The first kappa shape index (κ1) is 18.8. The fourth-order valence-electron chi connectivity index (χ4n) is 2.78. The van der Waals surface area contributed by atoms with Gasteiger partial charge < -0.3 is 9.63 Å². The molecule has 0 amide bonds. The number of nitrogens with zero attached hydrogens (tertiary/aromatic N) is 3. The number of aliphatic hydroxyl groups is 1. The van der Waals surface area contributed by atoms with Crippen molar-refractivity contribution >= 4 is 11.3 Å². The number of aromatic nitrogens is 2. The fourth-order valence-corrected chi connectivity index (χ4v) is 3.92. The summed E-state index contributed by atoms with van der Waals surface area (Å²) in [6, 6.07) is 9.70. The molecule has 1 aromatic carbocycles. The molecule has 26 heavy (non-hydrogen) atoms. The lowest BCUT2D eigenvalue weighted by Crippen LogP contribution is -2.21. The quantitative estimate of drug-likeness (QED) is 0.654. The summed E-state index contributed by atoms with van der Waals surface area (Å²) in [6.45, 7) is 11.3. The average molecular weight is 372 g/mol. The van der Waals surface area contributed by atoms with Crippen molar-refractivity contribution in [3.8, 4) is 22.2 Å². The third-order valence-corrected chi connectivity index (χ3v) is 5.78. The first-order valence-corrected chi connectivity index (χ1v) is 9.77. The van der Waals surface area contributed by atoms with Crippen molar-refractivity contribution in [3.05, 3.63) is 46.3 Å². The van der Waals surface area contributed by atoms with Crippen LogP contribution in [0.1, 0.15) is 42.9 Å². The van der Waals surface area contributed by atoms with Gasteiger partial charge in [0.2, 0.25) is 5.82 Å². The molecule has 0 aliphatic carbocycles. The molecule has 2 aromatic heterocycles. The summed E-state index contributed by atoms with van der Waals surface area (Å²) >= 11 is 1.72. The van der Waals surface area contributed by atoms with E-state index in [1.54, 1.807) is 18.3 Å². The number of rotatable bonds is 7. The Morgan fingerprint density at radius 1 is 1.19 bits per heavy atom. The standard InChI is InChI=1S/C20H25N3O2S/c1-5-23(6-2)12-18-13(3)11-17(26-18)20-21-19(22-25-20)16-9-7-15(8-10-16)14(4)24/h7-11,14,24H,5-6,12H2,1-4H3. The second kappa shape index (κ2) is 8.12. The summed E-state index contributed by atoms with van der Waals surface area (Å²) in [5.74, 6) is 1.12. The van der Waals surface area contributed by atoms with Crippen LogP contribution in [0.15, 0.2) is 34.9 Å². The Kier molecular flexibility index (Phi) is 5.86. The molecule has 2 heterocycles. The lowest BCUT2D eigenvalue weighted by molar-refractivity contribution is 0.199. The van der Waals surface area contributed by atoms with Gasteiger partial charge in [-0.2, -0.15) is 4.98 Å². The third-order valence-electron chi connectivity index (χ3n) is 4.57. The van der Waals surface area contributed by atoms with Crippen molar-refractivity contribution in [3.63, 3.8) is 0 Å². The zero-order valence-electron chi connectivity index (χ0n) is 15.7. The highest BCUT2D eigenvalue weighted by molar-refractivity contribution is 7.15. The fraction of sp³-hybridized carbons (Fsp3) is 0.400. The second-order valence-electron chi connectivity index (χ2n) is 6.40. The summed E-state index contributed by atoms with van der Waals surface area (Å²) in [4.78, 5) is 9.29. The molecular formula is C20H25N3O2S. The lowest BCUT2D eigenvalue weighted by Gasteiger charge is -2.17. The Labute approximate surface area is 158 Å². The van der Waals surface area contributed by atoms with Crippen molar-refractivity contribution < 1.29 is 9.63 Å². The normalized spacial score (nSPS) is 12.7. The van der Waals surface area contributed by atoms with Gasteiger partial charge in [0.15, 0.2) is 0 Å². The van der Waals surface area contributed by atoms with Crippen LogP contribution in [0.3, 0.4) is 0 Å². The summed E-state index contributed by atoms with van der Waals surface area (Å²) in [6.07, 6.45) is -0.483. The number of hydrogen-bond donors (Lipinski definition) is 1. The van der Waals surface area contributed by atoms with Gasteiger partial charge in [-0.15, -0.1) is 11.3 Å². The van der Waals surface area contributed by atoms with Crippen LogP contribution in [0.5, 0.6) is 0 Å². The van der Waals surface area contributed by atoms with E-state index in [0.717, 1.165) is 35.6 Å². The average Bonchev–Trinajstić information content (AvgIpc) is 3.27. The van der Waals surface area contributed by atoms with Gasteiger partial charge in [-0.1, -0.05) is 43.3 Å². The van der Waals surface area contributed by atoms with Crippen molar-refractivity contribution in [1.82, 2.24) is 15.0 Å². The van der Waals surface area contributed by atoms with Crippen molar-refractivity contribution in [1.29, 1.82) is 0 Å². The summed E-state index contributed by atoms with van der Waals surface area (Å²) in [5.41, 5.74) is 3.01. The molecular weight excluding hydrogens is 346 g/mol. The molecule has 3 rings (SSSR count). The molecule has 0 aliphatic heterocycles. The molecule has 3 aromatic rings. The molecule has 0 saturated heterocycles. The zero-order chi connectivity index (χ0) is 18.7. The minimum atomic E-state index is -0.483. The van der Waals surface area contributed by atoms with Crippen LogP contribution in [0, 0.1) is 6.92 Å². The van der Waals surface area contributed by atoms with Crippen LogP contribution in [0.2, 0.25) is 0 Å². The van der Waals surface area contributed by atoms with E-state index in [-0.39, 0.29) is 0 Å². The molecule has 138 valence electrons. The molecule has 0 radical (unpaired) electrons. The van der Waals surface area contributed by atoms with Crippen molar-refractivity contribution in [2.75, 3.05) is 13.1 Å². The molecule has 0 saturated carbocycles. The maximum absolute atomic E-state index is 9.61. The van der Waals surface area contributed by atoms with E-state index in [0.29, 0.717) is 11.7 Å². The highest BCUT2D eigenvalue weighted by atomic mass is 32.1. The first-order chi connectivity index (χ1) is 12.5. The van der Waals surface area contributed by atoms with Gasteiger partial charge in [-0.25, -0.2) is 0 Å². The summed E-state index contributed by atoms with van der Waals surface area (Å²) in [7, 11) is 0. The maximum Gasteiger partial charge on any atom is 0.268 e. The van der Waals surface area contributed by atoms with Gasteiger partial charge in [-0.05, 0) is 44.1 Å². The molecule has 1 unspecified atom stereocenters. The van der Waals surface area contributed by atoms with Gasteiger partial charge in [0.1, 0.15) is 0 Å². The molecule has 5 nitrogen and oxygen atoms in total. The first-order valence-electron chi connectivity index (χ1n) is 8.96. The van der Waals surface area contributed by atoms with Gasteiger partial charge in [-0.3, -0.25) is 4.90 Å². The minimum absolute atomic E-state index is 0.483. The molecule has 0 aliphatic rings. The SMILES string of the molecule is CCN(CC)Cc1sc(-c2nc(-c3ccc(C(C)O)cc3)no2)cc1C. The van der Waals surface area contributed by atoms with Crippen LogP contribution in [-0.4, -0.2) is 33.2 Å². The number of thiophene rings is 1. The van der Waals surface area contributed by atoms with E-state index in [4.69, 9.17) is 4.52 Å². The molecule has 1 atom stereocenters. The van der Waals surface area contributed by atoms with Gasteiger partial charge in [0.25, 0.3) is 5.89 Å². The number of benzene rings is 1. The second-order valence-corrected chi connectivity index (χ2v) is 7.54. The van der Waals surface area contributed by atoms with E-state index in [1.165, 1.54) is 10.4 Å². The van der Waals surface area contributed by atoms with E-state index >= 15 is 0 Å². The van der Waals surface area contributed by atoms with E-state index in [2.05, 4.69) is 41.9 Å². The van der Waals surface area contributed by atoms with E-state index in [1.807, 2.05) is 24.3 Å². The number of aryl methyl sites for hydroxylation is 1. The van der Waals surface area contributed by atoms with Crippen LogP contribution in [-0.2, 0) is 6.54 Å². The molecule has 1 N–H and O–H groups in total. The van der Waals surface area contributed by atoms with Crippen molar-refractivity contribution in [2.45, 2.75) is 40.3 Å². The lowest BCUT2D eigenvalue weighted by atomic mass is 10.1. The topological polar surface area (TPSA) is 62.4 Å². The van der Waals surface area contributed by atoms with Gasteiger partial charge in [0, 0.05) is 17.0 Å². The smallest absolute Gasteiger partial charge is 0.268 e. The number of hydrogen-bond acceptors (Lipinski definition) is 6. The molecule has 0 fully saturated rings. The van der Waals surface area contributed by atoms with E-state index < -0.39 is 6.10 Å². The summed E-state index contributed by atoms with van der Waals surface area (Å²) in [5, 5.41) is 13.7. The Morgan fingerprint density at radius 3 is 2.50 bits per heavy atom. The van der Waals surface area contributed by atoms with Gasteiger partial charge >= 0.3 is 0 Å². The highest BCUT2D eigenvalue weighted by Gasteiger charge is 2.16. The maximum atomic E-state index is 9.61. The van der Waals surface area contributed by atoms with Crippen LogP contribution in [0.4, 0.5) is 0 Å². The predicted molar refractivity (Wildman–Crippen MR) is 105 cm³/mol. The highest BCUT2D eigenvalue weighted by Crippen LogP contribution is 2.32. The van der Waals surface area contributed by atoms with E-state index in [9.17, 15) is 5.11 Å². The Bertz CT molecular complexity index is 848. The minimum Gasteiger partial charge on any atom is -0.389 e. The number of aliphatic hydroxyl groups excluding tert-OH is 1. The summed E-state index contributed by atoms with van der Waals surface area (Å²) < 4.78 is 5.50. The largest absolute Gasteiger partial charge is 0.389 e. The van der Waals surface area contributed by atoms with Crippen LogP contribution in [0.25, 0.3) is 22.2 Å². The monoisotopic (exact) mass is 371 g/mol. The molecule has 0 spiro atoms. The third kappa shape index (κ3) is 4.03.